The summed E-state index contributed by atoms with van der Waals surface area (Å²) < 4.78 is 12.3. The first kappa shape index (κ1) is 12.0. The minimum atomic E-state index is -1.25. The summed E-state index contributed by atoms with van der Waals surface area (Å²) in [5, 5.41) is 9.33. The van der Waals surface area contributed by atoms with Crippen LogP contribution < -0.4 is 0 Å². The van der Waals surface area contributed by atoms with E-state index in [1.165, 1.54) is 0 Å². The van der Waals surface area contributed by atoms with E-state index in [4.69, 9.17) is 14.6 Å². The van der Waals surface area contributed by atoms with E-state index in [0.29, 0.717) is 0 Å². The second-order valence-corrected chi connectivity index (χ2v) is 2.28. The molecule has 1 aliphatic rings. The largest absolute Gasteiger partial charge is 0.505 e. The van der Waals surface area contributed by atoms with E-state index in [2.05, 4.69) is 21.6 Å². The summed E-state index contributed by atoms with van der Waals surface area (Å²) in [4.78, 5) is 9.15. The molecule has 0 amide bonds. The third-order valence-electron chi connectivity index (χ3n) is 1.28. The molecule has 0 unspecified atom stereocenters. The molecular formula is C6H12N2O4S. The number of carboxylic acid groups (broad SMARTS) is 1. The van der Waals surface area contributed by atoms with Gasteiger partial charge < -0.3 is 14.6 Å². The van der Waals surface area contributed by atoms with Crippen molar-refractivity contribution >= 4 is 18.6 Å². The van der Waals surface area contributed by atoms with E-state index in [-0.39, 0.29) is 0 Å². The summed E-state index contributed by atoms with van der Waals surface area (Å²) in [6.07, 6.45) is -1.25. The van der Waals surface area contributed by atoms with E-state index < -0.39 is 6.16 Å². The zero-order valence-electron chi connectivity index (χ0n) is 7.30. The molecule has 0 aromatic carbocycles. The Balaban J connectivity index is 0.000000252. The first-order chi connectivity index (χ1) is 6.20. The molecule has 76 valence electrons. The molecule has 1 aliphatic heterocycles. The van der Waals surface area contributed by atoms with E-state index in [1.807, 2.05) is 5.01 Å². The topological polar surface area (TPSA) is 71.4 Å². The first-order valence-corrected chi connectivity index (χ1v) is 4.00. The Kier molecular flexibility index (Phi) is 7.12. The number of nitrogens with zero attached hydrogens (tertiary/aromatic N) is 2. The zero-order chi connectivity index (χ0) is 10.1. The van der Waals surface area contributed by atoms with Crippen molar-refractivity contribution < 1.29 is 19.4 Å². The molecule has 7 heteroatoms. The fraction of sp³-hybridized carbons (Fsp3) is 0.833. The van der Waals surface area contributed by atoms with Crippen LogP contribution in [0, 0.1) is 0 Å². The smallest absolute Gasteiger partial charge is 0.450 e. The van der Waals surface area contributed by atoms with Gasteiger partial charge in [-0.25, -0.2) is 4.79 Å². The molecule has 0 saturated carbocycles. The van der Waals surface area contributed by atoms with Gasteiger partial charge in [-0.15, -0.1) is 4.47 Å². The van der Waals surface area contributed by atoms with E-state index in [1.54, 1.807) is 0 Å². The Labute approximate surface area is 81.6 Å². The number of rotatable bonds is 1. The van der Waals surface area contributed by atoms with Crippen LogP contribution in [-0.2, 0) is 21.9 Å². The normalized spacial score (nSPS) is 15.3. The van der Waals surface area contributed by atoms with E-state index in [9.17, 15) is 0 Å². The summed E-state index contributed by atoms with van der Waals surface area (Å²) >= 11 is 4.47. The number of hydrogen-bond acceptors (Lipinski definition) is 5. The van der Waals surface area contributed by atoms with Gasteiger partial charge in [0, 0.05) is 0 Å². The van der Waals surface area contributed by atoms with E-state index in [0.717, 1.165) is 33.4 Å². The van der Waals surface area contributed by atoms with Crippen molar-refractivity contribution in [2.45, 2.75) is 0 Å². The second-order valence-electron chi connectivity index (χ2n) is 2.12. The van der Waals surface area contributed by atoms with Crippen LogP contribution in [0.2, 0.25) is 0 Å². The maximum Gasteiger partial charge on any atom is 0.505 e. The van der Waals surface area contributed by atoms with Crippen molar-refractivity contribution in [2.75, 3.05) is 33.4 Å². The summed E-state index contributed by atoms with van der Waals surface area (Å²) in [5.74, 6) is 0. The lowest BCUT2D eigenvalue weighted by Crippen LogP contribution is -2.31. The van der Waals surface area contributed by atoms with Gasteiger partial charge in [-0.1, -0.05) is 0 Å². The Morgan fingerprint density at radius 3 is 2.31 bits per heavy atom. The zero-order valence-corrected chi connectivity index (χ0v) is 8.12. The fourth-order valence-corrected chi connectivity index (χ4v) is 0.799. The van der Waals surface area contributed by atoms with Gasteiger partial charge in [0.05, 0.1) is 45.8 Å². The van der Waals surface area contributed by atoms with Crippen molar-refractivity contribution in [3.8, 4) is 0 Å². The average Bonchev–Trinajstić information content (AvgIpc) is 2.20. The quantitative estimate of drug-likeness (QED) is 0.624. The van der Waals surface area contributed by atoms with Crippen LogP contribution in [0.15, 0.2) is 4.47 Å². The van der Waals surface area contributed by atoms with Crippen LogP contribution in [0.5, 0.6) is 0 Å². The molecule has 0 aromatic rings. The highest BCUT2D eigenvalue weighted by Crippen LogP contribution is 1.94. The Morgan fingerprint density at radius 2 is 2.08 bits per heavy atom. The third kappa shape index (κ3) is 7.41. The van der Waals surface area contributed by atoms with Crippen molar-refractivity contribution in [1.29, 1.82) is 0 Å². The molecule has 1 N–H and O–H groups in total. The van der Waals surface area contributed by atoms with Gasteiger partial charge >= 0.3 is 6.16 Å². The van der Waals surface area contributed by atoms with Crippen LogP contribution in [0.1, 0.15) is 0 Å². The van der Waals surface area contributed by atoms with Crippen LogP contribution in [0.25, 0.3) is 0 Å². The Bertz CT molecular complexity index is 161. The maximum absolute atomic E-state index is 9.15. The lowest BCUT2D eigenvalue weighted by molar-refractivity contribution is 0.0409. The van der Waals surface area contributed by atoms with Gasteiger partial charge in [0.2, 0.25) is 0 Å². The van der Waals surface area contributed by atoms with Gasteiger partial charge in [-0.05, 0) is 0 Å². The van der Waals surface area contributed by atoms with Gasteiger partial charge in [0.1, 0.15) is 0 Å². The minimum absolute atomic E-state index is 0.764. The van der Waals surface area contributed by atoms with Crippen molar-refractivity contribution in [3.05, 3.63) is 0 Å². The molecule has 1 fully saturated rings. The molecule has 0 spiro atoms. The highest BCUT2D eigenvalue weighted by atomic mass is 32.1. The van der Waals surface area contributed by atoms with Crippen LogP contribution in [-0.4, -0.2) is 49.7 Å². The Hall–Kier alpha value is -0.950. The van der Waals surface area contributed by atoms with Gasteiger partial charge in [-0.3, -0.25) is 5.01 Å². The van der Waals surface area contributed by atoms with Crippen molar-refractivity contribution in [3.63, 3.8) is 0 Å². The summed E-state index contributed by atoms with van der Waals surface area (Å²) in [6.45, 7) is 3.23. The van der Waals surface area contributed by atoms with Gasteiger partial charge in [-0.2, -0.15) is 0 Å². The number of hydrogen-bond donors (Lipinski definition) is 1. The SMILES string of the molecule is COC(=O)O.S=NN1CCOCC1. The molecule has 0 bridgehead atoms. The van der Waals surface area contributed by atoms with Gasteiger partial charge in [0.25, 0.3) is 0 Å². The number of morpholine rings is 1. The summed E-state index contributed by atoms with van der Waals surface area (Å²) in [6, 6.07) is 0. The Morgan fingerprint density at radius 1 is 1.62 bits per heavy atom. The highest BCUT2D eigenvalue weighted by Gasteiger charge is 2.05. The first-order valence-electron chi connectivity index (χ1n) is 3.63. The van der Waals surface area contributed by atoms with Crippen LogP contribution in [0.4, 0.5) is 4.79 Å². The van der Waals surface area contributed by atoms with Crippen LogP contribution in [0.3, 0.4) is 0 Å². The second kappa shape index (κ2) is 7.69. The fourth-order valence-electron chi connectivity index (χ4n) is 0.635. The molecule has 1 saturated heterocycles. The number of carbonyl (C=O) groups is 1. The predicted molar refractivity (Wildman–Crippen MR) is 47.2 cm³/mol. The van der Waals surface area contributed by atoms with Crippen molar-refractivity contribution in [2.24, 2.45) is 4.47 Å². The monoisotopic (exact) mass is 208 g/mol. The van der Waals surface area contributed by atoms with Crippen molar-refractivity contribution in [1.82, 2.24) is 5.01 Å². The molecule has 1 heterocycles. The minimum Gasteiger partial charge on any atom is -0.450 e. The highest BCUT2D eigenvalue weighted by molar-refractivity contribution is 7.47. The van der Waals surface area contributed by atoms with E-state index >= 15 is 0 Å². The predicted octanol–water partition coefficient (Wildman–Crippen LogP) is 0.275. The molecule has 0 atom stereocenters. The maximum atomic E-state index is 9.15. The molecule has 0 aromatic heterocycles. The summed E-state index contributed by atoms with van der Waals surface area (Å²) in [5.41, 5.74) is 0. The molecular weight excluding hydrogens is 196 g/mol. The number of methoxy groups -OCH3 is 1. The number of ether oxygens (including phenoxy) is 2. The lowest BCUT2D eigenvalue weighted by atomic mass is 10.5. The molecule has 1 rings (SSSR count). The molecule has 6 nitrogen and oxygen atoms in total. The molecule has 13 heavy (non-hydrogen) atoms. The van der Waals surface area contributed by atoms with Crippen LogP contribution >= 0.6 is 0 Å². The standard InChI is InChI=1S/C4H8N2OS.C2H4O3/c8-5-6-1-3-7-4-2-6;1-5-2(3)4/h1-4H2;1H3,(H,3,4). The average molecular weight is 208 g/mol. The third-order valence-corrected chi connectivity index (χ3v) is 1.51. The van der Waals surface area contributed by atoms with Gasteiger partial charge in [0.15, 0.2) is 0 Å². The molecule has 0 aliphatic carbocycles. The lowest BCUT2D eigenvalue weighted by Gasteiger charge is -2.21. The molecule has 0 radical (unpaired) electrons. The summed E-state index contributed by atoms with van der Waals surface area (Å²) in [7, 11) is 1.10.